The maximum absolute atomic E-state index is 12.8. The lowest BCUT2D eigenvalue weighted by Crippen LogP contribution is -2.28. The Balaban J connectivity index is 1.31. The molecule has 1 aliphatic heterocycles. The van der Waals surface area contributed by atoms with Gasteiger partial charge in [0.15, 0.2) is 12.4 Å². The van der Waals surface area contributed by atoms with Crippen molar-refractivity contribution in [1.82, 2.24) is 0 Å². The molecule has 2 amide bonds. The van der Waals surface area contributed by atoms with Crippen LogP contribution in [0.15, 0.2) is 77.3 Å². The predicted octanol–water partition coefficient (Wildman–Crippen LogP) is 4.88. The maximum atomic E-state index is 12.8. The summed E-state index contributed by atoms with van der Waals surface area (Å²) < 4.78 is 11.6. The van der Waals surface area contributed by atoms with E-state index in [1.54, 1.807) is 53.4 Å². The molecule has 0 aromatic heterocycles. The number of nitrogens with one attached hydrogen (secondary N) is 1. The molecule has 9 heteroatoms. The van der Waals surface area contributed by atoms with Crippen molar-refractivity contribution in [2.75, 3.05) is 30.0 Å². The Labute approximate surface area is 222 Å². The van der Waals surface area contributed by atoms with Crippen LogP contribution >= 0.6 is 15.9 Å². The van der Waals surface area contributed by atoms with Gasteiger partial charge < -0.3 is 19.7 Å². The summed E-state index contributed by atoms with van der Waals surface area (Å²) in [6, 6.07) is 20.2. The molecule has 0 spiro atoms. The number of carbonyl (C=O) groups is 4. The van der Waals surface area contributed by atoms with E-state index in [1.807, 2.05) is 19.1 Å². The minimum Gasteiger partial charge on any atom is -0.492 e. The number of Topliss-reactive ketones (excluding diaryl/α,β-unsaturated/α-hetero) is 1. The topological polar surface area (TPSA) is 102 Å². The van der Waals surface area contributed by atoms with Gasteiger partial charge in [-0.25, -0.2) is 4.79 Å². The van der Waals surface area contributed by atoms with E-state index >= 15 is 0 Å². The van der Waals surface area contributed by atoms with E-state index in [9.17, 15) is 19.2 Å². The van der Waals surface area contributed by atoms with Crippen molar-refractivity contribution in [1.29, 1.82) is 0 Å². The van der Waals surface area contributed by atoms with E-state index < -0.39 is 11.9 Å². The van der Waals surface area contributed by atoms with Gasteiger partial charge in [0.2, 0.25) is 11.8 Å². The normalized spacial score (nSPS) is 14.8. The largest absolute Gasteiger partial charge is 0.492 e. The van der Waals surface area contributed by atoms with Gasteiger partial charge in [0.1, 0.15) is 5.75 Å². The summed E-state index contributed by atoms with van der Waals surface area (Å²) in [5, 5.41) is 2.80. The van der Waals surface area contributed by atoms with Crippen molar-refractivity contribution in [2.45, 2.75) is 13.3 Å². The number of ketones is 1. The molecule has 8 nitrogen and oxygen atoms in total. The molecule has 3 aromatic rings. The molecule has 0 saturated carbocycles. The highest BCUT2D eigenvalue weighted by molar-refractivity contribution is 9.10. The van der Waals surface area contributed by atoms with Gasteiger partial charge >= 0.3 is 5.97 Å². The second-order valence-electron chi connectivity index (χ2n) is 8.38. The van der Waals surface area contributed by atoms with Crippen LogP contribution in [0.2, 0.25) is 0 Å². The van der Waals surface area contributed by atoms with Gasteiger partial charge in [0.05, 0.1) is 23.8 Å². The highest BCUT2D eigenvalue weighted by atomic mass is 79.9. The number of rotatable bonds is 9. The summed E-state index contributed by atoms with van der Waals surface area (Å²) in [5.74, 6) is -1.33. The van der Waals surface area contributed by atoms with E-state index in [2.05, 4.69) is 21.2 Å². The molecular weight excluding hydrogens is 540 g/mol. The van der Waals surface area contributed by atoms with E-state index in [0.29, 0.717) is 29.3 Å². The third-order valence-corrected chi connectivity index (χ3v) is 6.37. The first-order chi connectivity index (χ1) is 17.9. The summed E-state index contributed by atoms with van der Waals surface area (Å²) in [5.41, 5.74) is 1.81. The number of anilines is 2. The van der Waals surface area contributed by atoms with Crippen LogP contribution in [0.4, 0.5) is 11.4 Å². The standard InChI is InChI=1S/C28H25BrN2O6/c1-2-36-25-6-4-3-5-23(25)31-16-20(15-26(31)33)27(34)30-22-13-9-19(10-14-22)28(35)37-17-24(32)18-7-11-21(29)12-8-18/h3-14,20H,2,15-17H2,1H3,(H,30,34)/t20-/m0/s1. The van der Waals surface area contributed by atoms with Crippen LogP contribution in [-0.4, -0.2) is 43.3 Å². The number of hydrogen-bond donors (Lipinski definition) is 1. The molecule has 0 radical (unpaired) electrons. The molecule has 0 bridgehead atoms. The van der Waals surface area contributed by atoms with Crippen LogP contribution in [0.25, 0.3) is 0 Å². The third kappa shape index (κ3) is 6.42. The van der Waals surface area contributed by atoms with Crippen LogP contribution in [0, 0.1) is 5.92 Å². The minimum atomic E-state index is -0.645. The Hall–Kier alpha value is -3.98. The summed E-state index contributed by atoms with van der Waals surface area (Å²) in [4.78, 5) is 51.6. The Bertz CT molecular complexity index is 1310. The van der Waals surface area contributed by atoms with E-state index in [0.717, 1.165) is 4.47 Å². The van der Waals surface area contributed by atoms with Gasteiger partial charge in [-0.05, 0) is 55.5 Å². The highest BCUT2D eigenvalue weighted by Crippen LogP contribution is 2.33. The van der Waals surface area contributed by atoms with Crippen LogP contribution in [0.5, 0.6) is 5.75 Å². The second-order valence-corrected chi connectivity index (χ2v) is 9.29. The van der Waals surface area contributed by atoms with E-state index in [-0.39, 0.29) is 42.7 Å². The summed E-state index contributed by atoms with van der Waals surface area (Å²) in [6.07, 6.45) is 0.0864. The van der Waals surface area contributed by atoms with Crippen molar-refractivity contribution in [3.8, 4) is 5.75 Å². The van der Waals surface area contributed by atoms with Gasteiger partial charge in [-0.3, -0.25) is 14.4 Å². The molecule has 1 atom stereocenters. The fraction of sp³-hybridized carbons (Fsp3) is 0.214. The predicted molar refractivity (Wildman–Crippen MR) is 142 cm³/mol. The molecular formula is C28H25BrN2O6. The molecule has 0 unspecified atom stereocenters. The zero-order valence-electron chi connectivity index (χ0n) is 20.1. The molecule has 4 rings (SSSR count). The molecule has 1 aliphatic rings. The molecule has 1 N–H and O–H groups in total. The van der Waals surface area contributed by atoms with E-state index in [1.165, 1.54) is 12.1 Å². The SMILES string of the molecule is CCOc1ccccc1N1C[C@@H](C(=O)Nc2ccc(C(=O)OCC(=O)c3ccc(Br)cc3)cc2)CC1=O. The van der Waals surface area contributed by atoms with Crippen molar-refractivity contribution in [2.24, 2.45) is 5.92 Å². The lowest BCUT2D eigenvalue weighted by molar-refractivity contribution is -0.122. The van der Waals surface area contributed by atoms with E-state index in [4.69, 9.17) is 9.47 Å². The summed E-state index contributed by atoms with van der Waals surface area (Å²) in [7, 11) is 0. The third-order valence-electron chi connectivity index (χ3n) is 5.84. The smallest absolute Gasteiger partial charge is 0.338 e. The fourth-order valence-corrected chi connectivity index (χ4v) is 4.21. The number of nitrogens with zero attached hydrogens (tertiary/aromatic N) is 1. The Morgan fingerprint density at radius 1 is 0.973 bits per heavy atom. The molecule has 1 saturated heterocycles. The first-order valence-electron chi connectivity index (χ1n) is 11.7. The molecule has 190 valence electrons. The van der Waals surface area contributed by atoms with Gasteiger partial charge in [-0.1, -0.05) is 40.2 Å². The molecule has 1 fully saturated rings. The number of carbonyl (C=O) groups excluding carboxylic acids is 4. The van der Waals surface area contributed by atoms with Crippen molar-refractivity contribution < 1.29 is 28.7 Å². The maximum Gasteiger partial charge on any atom is 0.338 e. The highest BCUT2D eigenvalue weighted by Gasteiger charge is 2.36. The fourth-order valence-electron chi connectivity index (χ4n) is 3.94. The zero-order valence-corrected chi connectivity index (χ0v) is 21.7. The number of halogens is 1. The molecule has 3 aromatic carbocycles. The lowest BCUT2D eigenvalue weighted by Gasteiger charge is -2.20. The number of amides is 2. The van der Waals surface area contributed by atoms with Crippen LogP contribution in [0.1, 0.15) is 34.1 Å². The van der Waals surface area contributed by atoms with Gasteiger partial charge in [-0.2, -0.15) is 0 Å². The molecule has 1 heterocycles. The minimum absolute atomic E-state index is 0.0864. The first-order valence-corrected chi connectivity index (χ1v) is 12.5. The second kappa shape index (κ2) is 11.8. The summed E-state index contributed by atoms with van der Waals surface area (Å²) in [6.45, 7) is 2.20. The van der Waals surface area contributed by atoms with Crippen molar-refractivity contribution in [3.63, 3.8) is 0 Å². The summed E-state index contributed by atoms with van der Waals surface area (Å²) >= 11 is 3.31. The monoisotopic (exact) mass is 564 g/mol. The van der Waals surface area contributed by atoms with Gasteiger partial charge in [-0.15, -0.1) is 0 Å². The van der Waals surface area contributed by atoms with Crippen LogP contribution < -0.4 is 15.0 Å². The number of para-hydroxylation sites is 2. The first kappa shape index (κ1) is 26.1. The lowest BCUT2D eigenvalue weighted by atomic mass is 10.1. The zero-order chi connectivity index (χ0) is 26.4. The average Bonchev–Trinajstić information content (AvgIpc) is 3.30. The van der Waals surface area contributed by atoms with Crippen LogP contribution in [0.3, 0.4) is 0 Å². The van der Waals surface area contributed by atoms with Gasteiger partial charge in [0, 0.05) is 28.7 Å². The molecule has 0 aliphatic carbocycles. The van der Waals surface area contributed by atoms with Crippen LogP contribution in [-0.2, 0) is 14.3 Å². The Morgan fingerprint density at radius 3 is 2.35 bits per heavy atom. The van der Waals surface area contributed by atoms with Crippen molar-refractivity contribution in [3.05, 3.63) is 88.4 Å². The average molecular weight is 565 g/mol. The van der Waals surface area contributed by atoms with Gasteiger partial charge in [0.25, 0.3) is 0 Å². The number of benzene rings is 3. The Morgan fingerprint density at radius 2 is 1.65 bits per heavy atom. The number of esters is 1. The molecule has 37 heavy (non-hydrogen) atoms. The number of ether oxygens (including phenoxy) is 2. The Kier molecular flexibility index (Phi) is 8.35. The van der Waals surface area contributed by atoms with Crippen molar-refractivity contribution >= 4 is 50.9 Å². The quantitative estimate of drug-likeness (QED) is 0.293. The number of hydrogen-bond acceptors (Lipinski definition) is 6.